The normalized spacial score (nSPS) is 29.9. The van der Waals surface area contributed by atoms with Crippen molar-refractivity contribution in [2.24, 2.45) is 0 Å². The van der Waals surface area contributed by atoms with Gasteiger partial charge >= 0.3 is 0 Å². The summed E-state index contributed by atoms with van der Waals surface area (Å²) in [7, 11) is 2.03. The lowest BCUT2D eigenvalue weighted by atomic mass is 9.96. The van der Waals surface area contributed by atoms with Crippen molar-refractivity contribution in [3.63, 3.8) is 0 Å². The largest absolute Gasteiger partial charge is 0.363 e. The van der Waals surface area contributed by atoms with Crippen LogP contribution in [0.4, 0.5) is 10.1 Å². The van der Waals surface area contributed by atoms with Gasteiger partial charge in [-0.3, -0.25) is 0 Å². The van der Waals surface area contributed by atoms with Gasteiger partial charge in [-0.15, -0.1) is 0 Å². The fourth-order valence-electron chi connectivity index (χ4n) is 3.56. The van der Waals surface area contributed by atoms with E-state index in [0.717, 1.165) is 23.0 Å². The summed E-state index contributed by atoms with van der Waals surface area (Å²) < 4.78 is 14.1. The second-order valence-electron chi connectivity index (χ2n) is 5.47. The van der Waals surface area contributed by atoms with Crippen LogP contribution in [0.15, 0.2) is 16.6 Å². The highest BCUT2D eigenvalue weighted by Crippen LogP contribution is 2.45. The van der Waals surface area contributed by atoms with Crippen LogP contribution in [0.2, 0.25) is 5.02 Å². The molecule has 0 aliphatic carbocycles. The molecule has 2 heterocycles. The molecule has 0 radical (unpaired) electrons. The summed E-state index contributed by atoms with van der Waals surface area (Å²) in [5, 5.41) is 3.89. The molecule has 2 saturated heterocycles. The maximum absolute atomic E-state index is 13.4. The Morgan fingerprint density at radius 1 is 1.32 bits per heavy atom. The molecule has 0 saturated carbocycles. The summed E-state index contributed by atoms with van der Waals surface area (Å²) in [6, 6.07) is 4.52. The van der Waals surface area contributed by atoms with Crippen LogP contribution < -0.4 is 10.2 Å². The minimum atomic E-state index is -0.293. The van der Waals surface area contributed by atoms with E-state index in [9.17, 15) is 4.39 Å². The van der Waals surface area contributed by atoms with Crippen molar-refractivity contribution < 1.29 is 4.39 Å². The first kappa shape index (κ1) is 13.7. The molecule has 1 N–H and O–H groups in total. The van der Waals surface area contributed by atoms with Crippen molar-refractivity contribution in [2.45, 2.75) is 43.8 Å². The molecule has 2 aliphatic heterocycles. The van der Waals surface area contributed by atoms with E-state index in [4.69, 9.17) is 11.6 Å². The van der Waals surface area contributed by atoms with Crippen LogP contribution in [-0.4, -0.2) is 25.2 Å². The van der Waals surface area contributed by atoms with Gasteiger partial charge in [0.15, 0.2) is 0 Å². The minimum Gasteiger partial charge on any atom is -0.363 e. The molecule has 0 spiro atoms. The van der Waals surface area contributed by atoms with Gasteiger partial charge in [0, 0.05) is 22.6 Å². The highest BCUT2D eigenvalue weighted by atomic mass is 79.9. The number of rotatable bonds is 2. The number of anilines is 1. The molecule has 2 aliphatic rings. The Morgan fingerprint density at radius 2 is 1.95 bits per heavy atom. The Hall–Kier alpha value is -0.320. The van der Waals surface area contributed by atoms with Crippen LogP contribution in [0.3, 0.4) is 0 Å². The van der Waals surface area contributed by atoms with Crippen molar-refractivity contribution in [3.8, 4) is 0 Å². The van der Waals surface area contributed by atoms with Gasteiger partial charge in [-0.05, 0) is 60.8 Å². The van der Waals surface area contributed by atoms with E-state index in [0.29, 0.717) is 23.1 Å². The minimum absolute atomic E-state index is 0.293. The van der Waals surface area contributed by atoms with Crippen molar-refractivity contribution in [1.82, 2.24) is 5.32 Å². The first-order chi connectivity index (χ1) is 9.10. The predicted molar refractivity (Wildman–Crippen MR) is 80.5 cm³/mol. The standard InChI is InChI=1S/C14H17BrClFN2/c1-18-9-6-10-2-3-11(7-9)19(10)14-12(15)4-8(17)5-13(14)16/h4-5,9-11,18H,2-3,6-7H2,1H3. The van der Waals surface area contributed by atoms with Crippen LogP contribution in [0.25, 0.3) is 0 Å². The Morgan fingerprint density at radius 3 is 2.47 bits per heavy atom. The molecule has 5 heteroatoms. The number of fused-ring (bicyclic) bond motifs is 2. The molecule has 2 atom stereocenters. The van der Waals surface area contributed by atoms with Gasteiger partial charge in [0.25, 0.3) is 0 Å². The van der Waals surface area contributed by atoms with E-state index in [1.807, 2.05) is 7.05 Å². The number of piperidine rings is 1. The van der Waals surface area contributed by atoms with Crippen LogP contribution in [0.5, 0.6) is 0 Å². The predicted octanol–water partition coefficient (Wildman–Crippen LogP) is 3.96. The Kier molecular flexibility index (Phi) is 3.76. The zero-order valence-corrected chi connectivity index (χ0v) is 13.1. The summed E-state index contributed by atoms with van der Waals surface area (Å²) in [4.78, 5) is 2.40. The van der Waals surface area contributed by atoms with E-state index in [1.165, 1.54) is 25.0 Å². The van der Waals surface area contributed by atoms with Crippen LogP contribution in [-0.2, 0) is 0 Å². The van der Waals surface area contributed by atoms with Crippen LogP contribution in [0, 0.1) is 5.82 Å². The molecule has 2 nitrogen and oxygen atoms in total. The third-order valence-corrected chi connectivity index (χ3v) is 5.27. The molecular formula is C14H17BrClFN2. The molecule has 1 aromatic rings. The van der Waals surface area contributed by atoms with E-state index in [2.05, 4.69) is 26.1 Å². The maximum atomic E-state index is 13.4. The van der Waals surface area contributed by atoms with Crippen molar-refractivity contribution in [3.05, 3.63) is 27.4 Å². The zero-order valence-electron chi connectivity index (χ0n) is 10.8. The molecule has 2 fully saturated rings. The second kappa shape index (κ2) is 5.23. The number of halogens is 3. The van der Waals surface area contributed by atoms with E-state index in [-0.39, 0.29) is 5.82 Å². The zero-order chi connectivity index (χ0) is 13.6. The van der Waals surface area contributed by atoms with Gasteiger partial charge in [0.1, 0.15) is 5.82 Å². The maximum Gasteiger partial charge on any atom is 0.125 e. The number of hydrogen-bond donors (Lipinski definition) is 1. The second-order valence-corrected chi connectivity index (χ2v) is 6.73. The molecular weight excluding hydrogens is 331 g/mol. The van der Waals surface area contributed by atoms with Gasteiger partial charge in [-0.25, -0.2) is 4.39 Å². The number of nitrogens with zero attached hydrogens (tertiary/aromatic N) is 1. The molecule has 0 amide bonds. The monoisotopic (exact) mass is 346 g/mol. The average molecular weight is 348 g/mol. The quantitative estimate of drug-likeness (QED) is 0.871. The lowest BCUT2D eigenvalue weighted by Gasteiger charge is -2.41. The summed E-state index contributed by atoms with van der Waals surface area (Å²) in [6.07, 6.45) is 4.66. The van der Waals surface area contributed by atoms with Gasteiger partial charge < -0.3 is 10.2 Å². The lowest BCUT2D eigenvalue weighted by Crippen LogP contribution is -2.48. The highest BCUT2D eigenvalue weighted by Gasteiger charge is 2.41. The van der Waals surface area contributed by atoms with Crippen molar-refractivity contribution >= 4 is 33.2 Å². The van der Waals surface area contributed by atoms with Crippen LogP contribution in [0.1, 0.15) is 25.7 Å². The number of benzene rings is 1. The number of hydrogen-bond acceptors (Lipinski definition) is 2. The first-order valence-electron chi connectivity index (χ1n) is 6.70. The molecule has 1 aromatic carbocycles. The molecule has 2 bridgehead atoms. The first-order valence-corrected chi connectivity index (χ1v) is 7.87. The molecule has 104 valence electrons. The van der Waals surface area contributed by atoms with Gasteiger partial charge in [-0.1, -0.05) is 11.6 Å². The molecule has 3 rings (SSSR count). The average Bonchev–Trinajstić information content (AvgIpc) is 2.60. The van der Waals surface area contributed by atoms with Crippen molar-refractivity contribution in [2.75, 3.05) is 11.9 Å². The Bertz CT molecular complexity index is 459. The summed E-state index contributed by atoms with van der Waals surface area (Å²) in [5.41, 5.74) is 0.963. The Balaban J connectivity index is 1.96. The number of nitrogens with one attached hydrogen (secondary N) is 1. The fraction of sp³-hybridized carbons (Fsp3) is 0.571. The SMILES string of the molecule is CNC1CC2CCC(C1)N2c1c(Cl)cc(F)cc1Br. The van der Waals surface area contributed by atoms with E-state index < -0.39 is 0 Å². The molecule has 0 aromatic heterocycles. The lowest BCUT2D eigenvalue weighted by molar-refractivity contribution is 0.373. The third-order valence-electron chi connectivity index (χ3n) is 4.38. The fourth-order valence-corrected chi connectivity index (χ4v) is 4.61. The van der Waals surface area contributed by atoms with Gasteiger partial charge in [0.2, 0.25) is 0 Å². The van der Waals surface area contributed by atoms with Crippen LogP contribution >= 0.6 is 27.5 Å². The summed E-state index contributed by atoms with van der Waals surface area (Å²) in [5.74, 6) is -0.293. The van der Waals surface area contributed by atoms with E-state index >= 15 is 0 Å². The highest BCUT2D eigenvalue weighted by molar-refractivity contribution is 9.10. The molecule has 2 unspecified atom stereocenters. The summed E-state index contributed by atoms with van der Waals surface area (Å²) in [6.45, 7) is 0. The van der Waals surface area contributed by atoms with Crippen molar-refractivity contribution in [1.29, 1.82) is 0 Å². The van der Waals surface area contributed by atoms with E-state index in [1.54, 1.807) is 0 Å². The Labute approximate surface area is 126 Å². The van der Waals surface area contributed by atoms with Gasteiger partial charge in [-0.2, -0.15) is 0 Å². The van der Waals surface area contributed by atoms with Gasteiger partial charge in [0.05, 0.1) is 10.7 Å². The third kappa shape index (κ3) is 2.39. The smallest absolute Gasteiger partial charge is 0.125 e. The molecule has 19 heavy (non-hydrogen) atoms. The summed E-state index contributed by atoms with van der Waals surface area (Å²) >= 11 is 9.74. The topological polar surface area (TPSA) is 15.3 Å².